The number of hydrogen-bond acceptors (Lipinski definition) is 2. The van der Waals surface area contributed by atoms with Crippen molar-refractivity contribution < 1.29 is 9.90 Å². The van der Waals surface area contributed by atoms with Crippen molar-refractivity contribution in [2.24, 2.45) is 0 Å². The second-order valence-corrected chi connectivity index (χ2v) is 5.48. The first-order valence-corrected chi connectivity index (χ1v) is 7.23. The van der Waals surface area contributed by atoms with Crippen molar-refractivity contribution in [3.8, 4) is 0 Å². The molecular formula is C16H16O2S. The van der Waals surface area contributed by atoms with Crippen molar-refractivity contribution in [1.82, 2.24) is 0 Å². The van der Waals surface area contributed by atoms with Gasteiger partial charge in [-0.2, -0.15) is 0 Å². The lowest BCUT2D eigenvalue weighted by molar-refractivity contribution is -0.133. The summed E-state index contributed by atoms with van der Waals surface area (Å²) in [6, 6.07) is 20.3. The highest BCUT2D eigenvalue weighted by Gasteiger charge is 2.14. The van der Waals surface area contributed by atoms with Crippen molar-refractivity contribution in [3.63, 3.8) is 0 Å². The quantitative estimate of drug-likeness (QED) is 0.869. The Morgan fingerprint density at radius 3 is 2.16 bits per heavy atom. The normalized spacial score (nSPS) is 12.0. The molecule has 2 aromatic rings. The summed E-state index contributed by atoms with van der Waals surface area (Å²) in [6.07, 6.45) is 0.850. The maximum Gasteiger partial charge on any atom is 0.313 e. The Morgan fingerprint density at radius 2 is 1.58 bits per heavy atom. The summed E-state index contributed by atoms with van der Waals surface area (Å²) in [6.45, 7) is 0. The zero-order chi connectivity index (χ0) is 13.5. The predicted octanol–water partition coefficient (Wildman–Crippen LogP) is 3.79. The van der Waals surface area contributed by atoms with E-state index in [1.807, 2.05) is 36.4 Å². The number of carbonyl (C=O) groups is 1. The Morgan fingerprint density at radius 1 is 1.00 bits per heavy atom. The molecule has 2 aromatic carbocycles. The molecule has 2 nitrogen and oxygen atoms in total. The molecule has 0 spiro atoms. The van der Waals surface area contributed by atoms with Crippen LogP contribution in [0.4, 0.5) is 0 Å². The van der Waals surface area contributed by atoms with Crippen molar-refractivity contribution in [1.29, 1.82) is 0 Å². The van der Waals surface area contributed by atoms with E-state index in [1.54, 1.807) is 0 Å². The van der Waals surface area contributed by atoms with Gasteiger partial charge in [0.1, 0.15) is 0 Å². The van der Waals surface area contributed by atoms with Crippen LogP contribution in [0.15, 0.2) is 60.7 Å². The number of thioether (sulfide) groups is 1. The Labute approximate surface area is 117 Å². The SMILES string of the molecule is O=C(O)CSC(Cc1ccccc1)c1ccccc1. The van der Waals surface area contributed by atoms with E-state index in [1.165, 1.54) is 22.9 Å². The van der Waals surface area contributed by atoms with Crippen LogP contribution in [0.1, 0.15) is 16.4 Å². The van der Waals surface area contributed by atoms with Crippen LogP contribution >= 0.6 is 11.8 Å². The molecule has 1 atom stereocenters. The third-order valence-corrected chi connectivity index (χ3v) is 4.10. The topological polar surface area (TPSA) is 37.3 Å². The van der Waals surface area contributed by atoms with Gasteiger partial charge in [0.2, 0.25) is 0 Å². The molecule has 0 saturated carbocycles. The number of benzene rings is 2. The average molecular weight is 272 g/mol. The molecule has 3 heteroatoms. The fraction of sp³-hybridized carbons (Fsp3) is 0.188. The lowest BCUT2D eigenvalue weighted by atomic mass is 10.0. The van der Waals surface area contributed by atoms with Crippen LogP contribution in [0.2, 0.25) is 0 Å². The van der Waals surface area contributed by atoms with Crippen LogP contribution in [-0.2, 0) is 11.2 Å². The van der Waals surface area contributed by atoms with E-state index < -0.39 is 5.97 Å². The minimum Gasteiger partial charge on any atom is -0.481 e. The maximum atomic E-state index is 10.8. The highest BCUT2D eigenvalue weighted by molar-refractivity contribution is 8.00. The monoisotopic (exact) mass is 272 g/mol. The van der Waals surface area contributed by atoms with E-state index in [9.17, 15) is 4.79 Å². The molecule has 0 bridgehead atoms. The smallest absolute Gasteiger partial charge is 0.313 e. The maximum absolute atomic E-state index is 10.8. The largest absolute Gasteiger partial charge is 0.481 e. The molecule has 98 valence electrons. The van der Waals surface area contributed by atoms with Crippen LogP contribution in [-0.4, -0.2) is 16.8 Å². The predicted molar refractivity (Wildman–Crippen MR) is 79.4 cm³/mol. The van der Waals surface area contributed by atoms with E-state index in [4.69, 9.17) is 5.11 Å². The van der Waals surface area contributed by atoms with Crippen molar-refractivity contribution in [2.75, 3.05) is 5.75 Å². The number of aliphatic carboxylic acids is 1. The number of hydrogen-bond donors (Lipinski definition) is 1. The molecule has 0 aromatic heterocycles. The lowest BCUT2D eigenvalue weighted by Gasteiger charge is -2.16. The molecule has 0 heterocycles. The van der Waals surface area contributed by atoms with E-state index >= 15 is 0 Å². The van der Waals surface area contributed by atoms with Gasteiger partial charge in [-0.15, -0.1) is 11.8 Å². The lowest BCUT2D eigenvalue weighted by Crippen LogP contribution is -2.05. The third kappa shape index (κ3) is 4.45. The van der Waals surface area contributed by atoms with Gasteiger partial charge in [-0.1, -0.05) is 60.7 Å². The summed E-state index contributed by atoms with van der Waals surface area (Å²) in [5, 5.41) is 9.03. The van der Waals surface area contributed by atoms with Gasteiger partial charge in [0.05, 0.1) is 5.75 Å². The molecule has 19 heavy (non-hydrogen) atoms. The molecule has 0 saturated heterocycles. The first-order chi connectivity index (χ1) is 9.25. The van der Waals surface area contributed by atoms with Crippen LogP contribution < -0.4 is 0 Å². The molecule has 0 aliphatic carbocycles. The summed E-state index contributed by atoms with van der Waals surface area (Å²) < 4.78 is 0. The van der Waals surface area contributed by atoms with Crippen molar-refractivity contribution in [2.45, 2.75) is 11.7 Å². The van der Waals surface area contributed by atoms with Gasteiger partial charge in [-0.3, -0.25) is 4.79 Å². The standard InChI is InChI=1S/C16H16O2S/c17-16(18)12-19-15(14-9-5-2-6-10-14)11-13-7-3-1-4-8-13/h1-10,15H,11-12H2,(H,17,18). The van der Waals surface area contributed by atoms with Crippen molar-refractivity contribution >= 4 is 17.7 Å². The van der Waals surface area contributed by atoms with Crippen LogP contribution in [0, 0.1) is 0 Å². The van der Waals surface area contributed by atoms with Crippen molar-refractivity contribution in [3.05, 3.63) is 71.8 Å². The molecule has 2 rings (SSSR count). The first-order valence-electron chi connectivity index (χ1n) is 6.18. The highest BCUT2D eigenvalue weighted by Crippen LogP contribution is 2.32. The summed E-state index contributed by atoms with van der Waals surface area (Å²) in [4.78, 5) is 10.8. The Hall–Kier alpha value is -1.74. The van der Waals surface area contributed by atoms with Crippen LogP contribution in [0.5, 0.6) is 0 Å². The van der Waals surface area contributed by atoms with Gasteiger partial charge in [-0.25, -0.2) is 0 Å². The van der Waals surface area contributed by atoms with E-state index in [2.05, 4.69) is 24.3 Å². The molecule has 0 radical (unpaired) electrons. The minimum absolute atomic E-state index is 0.131. The van der Waals surface area contributed by atoms with Gasteiger partial charge in [-0.05, 0) is 17.5 Å². The highest BCUT2D eigenvalue weighted by atomic mass is 32.2. The van der Waals surface area contributed by atoms with Gasteiger partial charge < -0.3 is 5.11 Å². The van der Waals surface area contributed by atoms with Crippen LogP contribution in [0.3, 0.4) is 0 Å². The fourth-order valence-electron chi connectivity index (χ4n) is 1.94. The summed E-state index contributed by atoms with van der Waals surface area (Å²) in [5.41, 5.74) is 2.41. The molecule has 0 amide bonds. The summed E-state index contributed by atoms with van der Waals surface area (Å²) in [7, 11) is 0. The minimum atomic E-state index is -0.765. The average Bonchev–Trinajstić information content (AvgIpc) is 2.45. The fourth-order valence-corrected chi connectivity index (χ4v) is 2.94. The number of carboxylic acids is 1. The zero-order valence-electron chi connectivity index (χ0n) is 10.5. The molecular weight excluding hydrogens is 256 g/mol. The second kappa shape index (κ2) is 7.00. The Kier molecular flexibility index (Phi) is 5.04. The number of carboxylic acid groups (broad SMARTS) is 1. The van der Waals surface area contributed by atoms with Gasteiger partial charge >= 0.3 is 5.97 Å². The second-order valence-electron chi connectivity index (χ2n) is 4.29. The van der Waals surface area contributed by atoms with Gasteiger partial charge in [0.25, 0.3) is 0 Å². The van der Waals surface area contributed by atoms with Gasteiger partial charge in [0, 0.05) is 5.25 Å². The van der Waals surface area contributed by atoms with Crippen LogP contribution in [0.25, 0.3) is 0 Å². The summed E-state index contributed by atoms with van der Waals surface area (Å²) >= 11 is 1.48. The van der Waals surface area contributed by atoms with Gasteiger partial charge in [0.15, 0.2) is 0 Å². The molecule has 0 fully saturated rings. The molecule has 1 unspecified atom stereocenters. The first kappa shape index (κ1) is 13.7. The Bertz CT molecular complexity index is 511. The number of rotatable bonds is 6. The molecule has 0 aliphatic rings. The zero-order valence-corrected chi connectivity index (χ0v) is 11.3. The van der Waals surface area contributed by atoms with E-state index in [-0.39, 0.29) is 11.0 Å². The van der Waals surface area contributed by atoms with E-state index in [0.29, 0.717) is 0 Å². The molecule has 0 aliphatic heterocycles. The molecule has 1 N–H and O–H groups in total. The third-order valence-electron chi connectivity index (χ3n) is 2.84. The Balaban J connectivity index is 2.12. The van der Waals surface area contributed by atoms with E-state index in [0.717, 1.165) is 6.42 Å². The summed E-state index contributed by atoms with van der Waals surface area (Å²) in [5.74, 6) is -0.633.